The van der Waals surface area contributed by atoms with Crippen LogP contribution in [-0.4, -0.2) is 33.9 Å². The van der Waals surface area contributed by atoms with Gasteiger partial charge in [-0.05, 0) is 33.3 Å². The summed E-state index contributed by atoms with van der Waals surface area (Å²) < 4.78 is 11.6. The van der Waals surface area contributed by atoms with Gasteiger partial charge >= 0.3 is 11.9 Å². The molecule has 0 fully saturated rings. The average molecular weight is 365 g/mol. The van der Waals surface area contributed by atoms with E-state index in [1.165, 1.54) is 4.68 Å². The quantitative estimate of drug-likeness (QED) is 0.760. The third kappa shape index (κ3) is 5.32. The zero-order valence-corrected chi connectivity index (χ0v) is 15.5. The number of aryl methyl sites for hydroxylation is 1. The van der Waals surface area contributed by atoms with Crippen molar-refractivity contribution >= 4 is 23.5 Å². The van der Waals surface area contributed by atoms with Crippen LogP contribution in [0.15, 0.2) is 30.3 Å². The molecule has 1 aromatic carbocycles. The summed E-state index contributed by atoms with van der Waals surface area (Å²) in [7, 11) is 0. The summed E-state index contributed by atoms with van der Waals surface area (Å²) >= 11 is 6.28. The Hall–Kier alpha value is -2.34. The highest BCUT2D eigenvalue weighted by Gasteiger charge is 2.24. The largest absolute Gasteiger partial charge is 0.457 e. The van der Waals surface area contributed by atoms with Crippen molar-refractivity contribution < 1.29 is 19.1 Å². The van der Waals surface area contributed by atoms with E-state index in [9.17, 15) is 9.59 Å². The topological polar surface area (TPSA) is 70.4 Å². The summed E-state index contributed by atoms with van der Waals surface area (Å²) in [6.45, 7) is 6.83. The fraction of sp³-hybridized carbons (Fsp3) is 0.389. The van der Waals surface area contributed by atoms with E-state index in [1.807, 2.05) is 30.3 Å². The van der Waals surface area contributed by atoms with E-state index < -0.39 is 24.1 Å². The number of carbonyl (C=O) groups excluding carboxylic acids is 2. The number of esters is 2. The molecule has 2 aromatic rings. The second kappa shape index (κ2) is 7.70. The first kappa shape index (κ1) is 19.0. The van der Waals surface area contributed by atoms with Crippen LogP contribution in [0.4, 0.5) is 0 Å². The zero-order chi connectivity index (χ0) is 18.6. The van der Waals surface area contributed by atoms with Gasteiger partial charge in [-0.15, -0.1) is 0 Å². The van der Waals surface area contributed by atoms with Crippen molar-refractivity contribution in [2.24, 2.45) is 0 Å². The summed E-state index contributed by atoms with van der Waals surface area (Å²) in [5, 5.41) is 4.46. The highest BCUT2D eigenvalue weighted by atomic mass is 35.5. The minimum absolute atomic E-state index is 0.154. The lowest BCUT2D eigenvalue weighted by Crippen LogP contribution is -2.27. The van der Waals surface area contributed by atoms with Crippen molar-refractivity contribution in [2.45, 2.75) is 39.8 Å². The molecule has 0 saturated heterocycles. The second-order valence-electron chi connectivity index (χ2n) is 6.56. The molecule has 1 heterocycles. The number of ether oxygens (including phenoxy) is 2. The second-order valence-corrected chi connectivity index (χ2v) is 6.92. The van der Waals surface area contributed by atoms with Gasteiger partial charge in [-0.1, -0.05) is 41.9 Å². The fourth-order valence-electron chi connectivity index (χ4n) is 2.21. The first-order chi connectivity index (χ1) is 11.7. The number of carbonyl (C=O) groups is 2. The van der Waals surface area contributed by atoms with Crippen molar-refractivity contribution in [2.75, 3.05) is 6.61 Å². The van der Waals surface area contributed by atoms with Gasteiger partial charge in [-0.2, -0.15) is 5.10 Å². The van der Waals surface area contributed by atoms with Gasteiger partial charge in [0.1, 0.15) is 16.3 Å². The number of rotatable bonds is 5. The molecule has 0 saturated carbocycles. The van der Waals surface area contributed by atoms with Crippen LogP contribution < -0.4 is 0 Å². The minimum Gasteiger partial charge on any atom is -0.457 e. The summed E-state index contributed by atoms with van der Waals surface area (Å²) in [6, 6.07) is 9.62. The van der Waals surface area contributed by atoms with Crippen molar-refractivity contribution in [3.63, 3.8) is 0 Å². The van der Waals surface area contributed by atoms with Gasteiger partial charge in [0, 0.05) is 0 Å². The zero-order valence-electron chi connectivity index (χ0n) is 14.7. The molecule has 2 rings (SSSR count). The van der Waals surface area contributed by atoms with E-state index in [4.69, 9.17) is 21.1 Å². The van der Waals surface area contributed by atoms with Crippen LogP contribution in [0.1, 0.15) is 42.4 Å². The molecular formula is C18H21ClN2O4. The number of nitrogens with zero attached hydrogens (tertiary/aromatic N) is 2. The lowest BCUT2D eigenvalue weighted by molar-refractivity contribution is -0.158. The Morgan fingerprint density at radius 3 is 2.44 bits per heavy atom. The van der Waals surface area contributed by atoms with E-state index in [0.717, 1.165) is 5.56 Å². The Morgan fingerprint density at radius 2 is 1.84 bits per heavy atom. The third-order valence-corrected chi connectivity index (χ3v) is 3.57. The molecule has 7 heteroatoms. The SMILES string of the molecule is Cc1nn(Cc2ccccc2)c(Cl)c1C(=O)OCC(=O)OC(C)(C)C. The molecule has 25 heavy (non-hydrogen) atoms. The van der Waals surface area contributed by atoms with Crippen molar-refractivity contribution in [3.8, 4) is 0 Å². The number of benzene rings is 1. The van der Waals surface area contributed by atoms with Crippen LogP contribution in [0.3, 0.4) is 0 Å². The molecule has 0 amide bonds. The molecule has 0 spiro atoms. The van der Waals surface area contributed by atoms with Gasteiger partial charge in [-0.25, -0.2) is 14.3 Å². The van der Waals surface area contributed by atoms with E-state index in [1.54, 1.807) is 27.7 Å². The Labute approximate surface area is 151 Å². The standard InChI is InChI=1S/C18H21ClN2O4/c1-12-15(17(23)24-11-14(22)25-18(2,3)4)16(19)21(20-12)10-13-8-6-5-7-9-13/h5-9H,10-11H2,1-4H3. The maximum absolute atomic E-state index is 12.3. The number of halogens is 1. The summed E-state index contributed by atoms with van der Waals surface area (Å²) in [5.41, 5.74) is 0.953. The first-order valence-corrected chi connectivity index (χ1v) is 8.21. The predicted molar refractivity (Wildman–Crippen MR) is 93.6 cm³/mol. The molecule has 0 aliphatic carbocycles. The highest BCUT2D eigenvalue weighted by Crippen LogP contribution is 2.22. The van der Waals surface area contributed by atoms with Gasteiger partial charge in [0.2, 0.25) is 0 Å². The van der Waals surface area contributed by atoms with Gasteiger partial charge in [0.15, 0.2) is 6.61 Å². The van der Waals surface area contributed by atoms with E-state index in [-0.39, 0.29) is 10.7 Å². The Balaban J connectivity index is 2.06. The fourth-order valence-corrected chi connectivity index (χ4v) is 2.53. The molecule has 0 aliphatic heterocycles. The summed E-state index contributed by atoms with van der Waals surface area (Å²) in [4.78, 5) is 23.9. The lowest BCUT2D eigenvalue weighted by atomic mass is 10.2. The van der Waals surface area contributed by atoms with Crippen molar-refractivity contribution in [1.82, 2.24) is 9.78 Å². The Bertz CT molecular complexity index is 763. The van der Waals surface area contributed by atoms with E-state index >= 15 is 0 Å². The van der Waals surface area contributed by atoms with Crippen LogP contribution in [-0.2, 0) is 20.8 Å². The number of hydrogen-bond acceptors (Lipinski definition) is 5. The van der Waals surface area contributed by atoms with Crippen LogP contribution in [0.25, 0.3) is 0 Å². The molecular weight excluding hydrogens is 344 g/mol. The average Bonchev–Trinajstić information content (AvgIpc) is 2.78. The van der Waals surface area contributed by atoms with E-state index in [0.29, 0.717) is 12.2 Å². The number of hydrogen-bond donors (Lipinski definition) is 0. The molecule has 134 valence electrons. The summed E-state index contributed by atoms with van der Waals surface area (Å²) in [5.74, 6) is -1.32. The predicted octanol–water partition coefficient (Wildman–Crippen LogP) is 3.39. The van der Waals surface area contributed by atoms with Gasteiger partial charge in [0.25, 0.3) is 0 Å². The van der Waals surface area contributed by atoms with Gasteiger partial charge < -0.3 is 9.47 Å². The Kier molecular flexibility index (Phi) is 5.85. The van der Waals surface area contributed by atoms with Crippen molar-refractivity contribution in [1.29, 1.82) is 0 Å². The summed E-state index contributed by atoms with van der Waals surface area (Å²) in [6.07, 6.45) is 0. The lowest BCUT2D eigenvalue weighted by Gasteiger charge is -2.19. The van der Waals surface area contributed by atoms with Gasteiger partial charge in [-0.3, -0.25) is 0 Å². The van der Waals surface area contributed by atoms with E-state index in [2.05, 4.69) is 5.10 Å². The van der Waals surface area contributed by atoms with Crippen LogP contribution in [0.5, 0.6) is 0 Å². The maximum Gasteiger partial charge on any atom is 0.344 e. The molecule has 1 aromatic heterocycles. The normalized spacial score (nSPS) is 11.2. The third-order valence-electron chi connectivity index (χ3n) is 3.19. The molecule has 0 radical (unpaired) electrons. The molecule has 6 nitrogen and oxygen atoms in total. The number of aromatic nitrogens is 2. The molecule has 0 bridgehead atoms. The Morgan fingerprint density at radius 1 is 1.20 bits per heavy atom. The monoisotopic (exact) mass is 364 g/mol. The molecule has 0 atom stereocenters. The minimum atomic E-state index is -0.701. The molecule has 0 N–H and O–H groups in total. The van der Waals surface area contributed by atoms with Crippen LogP contribution in [0, 0.1) is 6.92 Å². The van der Waals surface area contributed by atoms with Crippen LogP contribution in [0.2, 0.25) is 5.15 Å². The molecule has 0 unspecified atom stereocenters. The van der Waals surface area contributed by atoms with Crippen LogP contribution >= 0.6 is 11.6 Å². The smallest absolute Gasteiger partial charge is 0.344 e. The highest BCUT2D eigenvalue weighted by molar-refractivity contribution is 6.32. The maximum atomic E-state index is 12.3. The van der Waals surface area contributed by atoms with Gasteiger partial charge in [0.05, 0.1) is 12.2 Å². The first-order valence-electron chi connectivity index (χ1n) is 7.83. The molecule has 0 aliphatic rings. The van der Waals surface area contributed by atoms with Crippen molar-refractivity contribution in [3.05, 3.63) is 52.3 Å².